The fraction of sp³-hybridized carbons (Fsp3) is 0.600. The lowest BCUT2D eigenvalue weighted by Crippen LogP contribution is -2.17. The maximum atomic E-state index is 5.39. The van der Waals surface area contributed by atoms with Crippen LogP contribution in [0.3, 0.4) is 0 Å². The molecule has 0 amide bonds. The van der Waals surface area contributed by atoms with Gasteiger partial charge in [-0.05, 0) is 36.0 Å². The van der Waals surface area contributed by atoms with Crippen molar-refractivity contribution in [2.75, 3.05) is 14.2 Å². The molecule has 0 unspecified atom stereocenters. The van der Waals surface area contributed by atoms with Crippen LogP contribution in [0.4, 0.5) is 0 Å². The van der Waals surface area contributed by atoms with Gasteiger partial charge in [0.15, 0.2) is 0 Å². The average Bonchev–Trinajstić information content (AvgIpc) is 2.49. The molecule has 0 heterocycles. The summed E-state index contributed by atoms with van der Waals surface area (Å²) in [4.78, 5) is 0. The minimum atomic E-state index is -1.22. The summed E-state index contributed by atoms with van der Waals surface area (Å²) in [7, 11) is 2.18. The minimum Gasteiger partial charge on any atom is -0.497 e. The lowest BCUT2D eigenvalue weighted by molar-refractivity contribution is 0.386. The third kappa shape index (κ3) is 7.13. The van der Waals surface area contributed by atoms with E-state index in [2.05, 4.69) is 57.1 Å². The van der Waals surface area contributed by atoms with Gasteiger partial charge in [0.25, 0.3) is 0 Å². The summed E-state index contributed by atoms with van der Waals surface area (Å²) in [5.74, 6) is 5.07. The molecule has 0 spiro atoms. The second-order valence-electron chi connectivity index (χ2n) is 7.74. The van der Waals surface area contributed by atoms with Crippen molar-refractivity contribution in [2.24, 2.45) is 0 Å². The minimum absolute atomic E-state index is 0.105. The zero-order chi connectivity index (χ0) is 17.5. The molecule has 0 saturated carbocycles. The smallest absolute Gasteiger partial charge is 0.129 e. The SMILES string of the molecule is COc1cc(OC)cc(C(C)(C)CCCCC#C[Si](C)(C)C)c1. The first-order valence-corrected chi connectivity index (χ1v) is 11.9. The van der Waals surface area contributed by atoms with Gasteiger partial charge in [-0.3, -0.25) is 0 Å². The molecule has 23 heavy (non-hydrogen) atoms. The summed E-state index contributed by atoms with van der Waals surface area (Å²) in [5.41, 5.74) is 4.81. The van der Waals surface area contributed by atoms with Crippen molar-refractivity contribution >= 4 is 8.07 Å². The molecule has 0 N–H and O–H groups in total. The second kappa shape index (κ2) is 8.45. The summed E-state index contributed by atoms with van der Waals surface area (Å²) in [6, 6.07) is 6.16. The van der Waals surface area contributed by atoms with Crippen LogP contribution in [0.15, 0.2) is 18.2 Å². The van der Waals surface area contributed by atoms with E-state index in [1.165, 1.54) is 18.4 Å². The Labute approximate surface area is 143 Å². The molecule has 0 fully saturated rings. The van der Waals surface area contributed by atoms with Gasteiger partial charge in [-0.25, -0.2) is 0 Å². The zero-order valence-electron chi connectivity index (χ0n) is 15.9. The molecule has 3 heteroatoms. The van der Waals surface area contributed by atoms with E-state index in [4.69, 9.17) is 9.47 Å². The largest absolute Gasteiger partial charge is 0.497 e. The number of ether oxygens (including phenoxy) is 2. The molecule has 0 aliphatic heterocycles. The van der Waals surface area contributed by atoms with Gasteiger partial charge < -0.3 is 9.47 Å². The van der Waals surface area contributed by atoms with E-state index in [1.54, 1.807) is 14.2 Å². The predicted molar refractivity (Wildman–Crippen MR) is 102 cm³/mol. The third-order valence-electron chi connectivity index (χ3n) is 3.95. The maximum absolute atomic E-state index is 5.39. The van der Waals surface area contributed by atoms with Crippen LogP contribution in [0.25, 0.3) is 0 Å². The summed E-state index contributed by atoms with van der Waals surface area (Å²) < 4.78 is 10.8. The van der Waals surface area contributed by atoms with E-state index < -0.39 is 8.07 Å². The summed E-state index contributed by atoms with van der Waals surface area (Å²) >= 11 is 0. The molecule has 1 aromatic rings. The maximum Gasteiger partial charge on any atom is 0.129 e. The molecule has 0 aliphatic rings. The van der Waals surface area contributed by atoms with Crippen LogP contribution < -0.4 is 9.47 Å². The van der Waals surface area contributed by atoms with Gasteiger partial charge in [-0.2, -0.15) is 0 Å². The first kappa shape index (κ1) is 19.6. The Kier molecular flexibility index (Phi) is 7.22. The first-order chi connectivity index (χ1) is 10.7. The Morgan fingerprint density at radius 1 is 0.957 bits per heavy atom. The molecule has 0 saturated heterocycles. The highest BCUT2D eigenvalue weighted by atomic mass is 28.3. The van der Waals surface area contributed by atoms with Gasteiger partial charge in [0, 0.05) is 12.5 Å². The highest BCUT2D eigenvalue weighted by Crippen LogP contribution is 2.34. The van der Waals surface area contributed by atoms with E-state index in [9.17, 15) is 0 Å². The highest BCUT2D eigenvalue weighted by Gasteiger charge is 2.21. The molecule has 128 valence electrons. The van der Waals surface area contributed by atoms with Crippen LogP contribution in [-0.2, 0) is 5.41 Å². The normalized spacial score (nSPS) is 11.6. The Balaban J connectivity index is 2.63. The van der Waals surface area contributed by atoms with Crippen molar-refractivity contribution < 1.29 is 9.47 Å². The van der Waals surface area contributed by atoms with Crippen molar-refractivity contribution in [3.63, 3.8) is 0 Å². The fourth-order valence-corrected chi connectivity index (χ4v) is 3.11. The monoisotopic (exact) mass is 332 g/mol. The number of hydrogen-bond donors (Lipinski definition) is 0. The summed E-state index contributed by atoms with van der Waals surface area (Å²) in [6.07, 6.45) is 4.51. The van der Waals surface area contributed by atoms with E-state index in [0.717, 1.165) is 24.3 Å². The van der Waals surface area contributed by atoms with Gasteiger partial charge in [-0.15, -0.1) is 11.5 Å². The average molecular weight is 333 g/mol. The topological polar surface area (TPSA) is 18.5 Å². The number of hydrogen-bond acceptors (Lipinski definition) is 2. The van der Waals surface area contributed by atoms with E-state index in [-0.39, 0.29) is 5.41 Å². The molecular formula is C20H32O2Si. The molecule has 0 aliphatic carbocycles. The molecule has 0 bridgehead atoms. The van der Waals surface area contributed by atoms with Gasteiger partial charge >= 0.3 is 0 Å². The lowest BCUT2D eigenvalue weighted by Gasteiger charge is -2.26. The van der Waals surface area contributed by atoms with Crippen molar-refractivity contribution in [3.05, 3.63) is 23.8 Å². The lowest BCUT2D eigenvalue weighted by atomic mass is 9.80. The quantitative estimate of drug-likeness (QED) is 0.377. The van der Waals surface area contributed by atoms with E-state index >= 15 is 0 Å². The fourth-order valence-electron chi connectivity index (χ4n) is 2.45. The number of benzene rings is 1. The van der Waals surface area contributed by atoms with Crippen molar-refractivity contribution in [1.29, 1.82) is 0 Å². The number of rotatable bonds is 7. The van der Waals surface area contributed by atoms with E-state index in [1.807, 2.05) is 6.07 Å². The van der Waals surface area contributed by atoms with Crippen LogP contribution in [0, 0.1) is 11.5 Å². The van der Waals surface area contributed by atoms with Crippen LogP contribution in [0.1, 0.15) is 45.1 Å². The van der Waals surface area contributed by atoms with Crippen LogP contribution in [-0.4, -0.2) is 22.3 Å². The molecule has 0 aromatic heterocycles. The van der Waals surface area contributed by atoms with Crippen LogP contribution in [0.2, 0.25) is 19.6 Å². The van der Waals surface area contributed by atoms with Gasteiger partial charge in [0.05, 0.1) is 14.2 Å². The Morgan fingerprint density at radius 2 is 1.52 bits per heavy atom. The third-order valence-corrected chi connectivity index (χ3v) is 4.88. The zero-order valence-corrected chi connectivity index (χ0v) is 16.9. The molecular weight excluding hydrogens is 300 g/mol. The van der Waals surface area contributed by atoms with Gasteiger partial charge in [0.1, 0.15) is 19.6 Å². The Morgan fingerprint density at radius 3 is 2.00 bits per heavy atom. The Hall–Kier alpha value is -1.40. The highest BCUT2D eigenvalue weighted by molar-refractivity contribution is 6.83. The molecule has 1 aromatic carbocycles. The van der Waals surface area contributed by atoms with Crippen LogP contribution >= 0.6 is 0 Å². The molecule has 2 nitrogen and oxygen atoms in total. The van der Waals surface area contributed by atoms with Crippen molar-refractivity contribution in [3.8, 4) is 23.0 Å². The standard InChI is InChI=1S/C20H32O2Si/c1-20(2,12-10-8-9-11-13-23(5,6)7)17-14-18(21-3)16-19(15-17)22-4/h14-16H,8-10,12H2,1-7H3. The first-order valence-electron chi connectivity index (χ1n) is 8.41. The van der Waals surface area contributed by atoms with Crippen molar-refractivity contribution in [2.45, 2.75) is 64.6 Å². The second-order valence-corrected chi connectivity index (χ2v) is 12.5. The van der Waals surface area contributed by atoms with Crippen LogP contribution in [0.5, 0.6) is 11.5 Å². The van der Waals surface area contributed by atoms with Crippen molar-refractivity contribution in [1.82, 2.24) is 0 Å². The van der Waals surface area contributed by atoms with E-state index in [0.29, 0.717) is 0 Å². The number of unbranched alkanes of at least 4 members (excludes halogenated alkanes) is 2. The number of methoxy groups -OCH3 is 2. The molecule has 0 atom stereocenters. The summed E-state index contributed by atoms with van der Waals surface area (Å²) in [5, 5.41) is 0. The Bertz CT molecular complexity index is 537. The molecule has 0 radical (unpaired) electrons. The van der Waals surface area contributed by atoms with Gasteiger partial charge in [-0.1, -0.05) is 39.9 Å². The molecule has 1 rings (SSSR count). The predicted octanol–water partition coefficient (Wildman–Crippen LogP) is 5.42. The summed E-state index contributed by atoms with van der Waals surface area (Å²) in [6.45, 7) is 11.4. The van der Waals surface area contributed by atoms with Gasteiger partial charge in [0.2, 0.25) is 0 Å².